The molecule has 0 amide bonds. The molecule has 0 saturated heterocycles. The van der Waals surface area contributed by atoms with Crippen LogP contribution in [0.2, 0.25) is 0 Å². The first-order chi connectivity index (χ1) is 8.63. The second-order valence-corrected chi connectivity index (χ2v) is 4.90. The molecule has 1 aromatic heterocycles. The van der Waals surface area contributed by atoms with E-state index in [1.807, 2.05) is 18.3 Å². The van der Waals surface area contributed by atoms with Crippen LogP contribution in [0.5, 0.6) is 0 Å². The minimum Gasteiger partial charge on any atom is -0.392 e. The van der Waals surface area contributed by atoms with Gasteiger partial charge in [-0.15, -0.1) is 6.58 Å². The first-order valence-corrected chi connectivity index (χ1v) is 6.55. The van der Waals surface area contributed by atoms with Crippen LogP contribution in [0.4, 0.5) is 0 Å². The van der Waals surface area contributed by atoms with Gasteiger partial charge in [-0.25, -0.2) is 0 Å². The summed E-state index contributed by atoms with van der Waals surface area (Å²) in [5.41, 5.74) is 1.18. The van der Waals surface area contributed by atoms with Crippen molar-refractivity contribution in [1.82, 2.24) is 9.88 Å². The van der Waals surface area contributed by atoms with Crippen LogP contribution < -0.4 is 0 Å². The Morgan fingerprint density at radius 3 is 2.83 bits per heavy atom. The van der Waals surface area contributed by atoms with Crippen LogP contribution in [0.1, 0.15) is 32.3 Å². The third-order valence-electron chi connectivity index (χ3n) is 2.99. The van der Waals surface area contributed by atoms with E-state index in [-0.39, 0.29) is 6.10 Å². The number of allylic oxidation sites excluding steroid dienone is 1. The number of aliphatic hydroxyl groups is 1. The van der Waals surface area contributed by atoms with Crippen molar-refractivity contribution < 1.29 is 5.11 Å². The molecule has 0 bridgehead atoms. The van der Waals surface area contributed by atoms with E-state index in [4.69, 9.17) is 0 Å². The standard InChI is InChI=1S/C15H24N2O/c1-4-5-8-15(18)12-17(13(2)3)11-14-7-6-9-16-10-14/h4,6-7,9-10,13,15,18H,1,5,8,11-12H2,2-3H3. The lowest BCUT2D eigenvalue weighted by atomic mass is 10.1. The van der Waals surface area contributed by atoms with E-state index in [1.54, 1.807) is 6.20 Å². The molecule has 0 saturated carbocycles. The third kappa shape index (κ3) is 5.43. The highest BCUT2D eigenvalue weighted by molar-refractivity contribution is 5.08. The van der Waals surface area contributed by atoms with E-state index in [0.717, 1.165) is 19.4 Å². The fraction of sp³-hybridized carbons (Fsp3) is 0.533. The molecular formula is C15H24N2O. The minimum atomic E-state index is -0.290. The summed E-state index contributed by atoms with van der Waals surface area (Å²) in [6.45, 7) is 9.51. The van der Waals surface area contributed by atoms with Crippen LogP contribution in [0.3, 0.4) is 0 Å². The van der Waals surface area contributed by atoms with Gasteiger partial charge in [-0.05, 0) is 38.3 Å². The van der Waals surface area contributed by atoms with Gasteiger partial charge in [-0.1, -0.05) is 12.1 Å². The van der Waals surface area contributed by atoms with Gasteiger partial charge in [-0.2, -0.15) is 0 Å². The van der Waals surface area contributed by atoms with E-state index in [9.17, 15) is 5.11 Å². The SMILES string of the molecule is C=CCCC(O)CN(Cc1cccnc1)C(C)C. The van der Waals surface area contributed by atoms with Crippen molar-refractivity contribution in [3.63, 3.8) is 0 Å². The Balaban J connectivity index is 2.52. The molecule has 100 valence electrons. The van der Waals surface area contributed by atoms with Crippen molar-refractivity contribution in [2.24, 2.45) is 0 Å². The van der Waals surface area contributed by atoms with Gasteiger partial charge in [-0.3, -0.25) is 9.88 Å². The quantitative estimate of drug-likeness (QED) is 0.718. The second kappa shape index (κ2) is 8.01. The first kappa shape index (κ1) is 14.9. The van der Waals surface area contributed by atoms with E-state index in [2.05, 4.69) is 36.4 Å². The molecule has 18 heavy (non-hydrogen) atoms. The average Bonchev–Trinajstić information content (AvgIpc) is 2.36. The summed E-state index contributed by atoms with van der Waals surface area (Å²) >= 11 is 0. The maximum absolute atomic E-state index is 9.97. The van der Waals surface area contributed by atoms with Crippen LogP contribution in [-0.2, 0) is 6.54 Å². The zero-order valence-corrected chi connectivity index (χ0v) is 11.4. The summed E-state index contributed by atoms with van der Waals surface area (Å²) in [6, 6.07) is 4.42. The molecule has 0 fully saturated rings. The summed E-state index contributed by atoms with van der Waals surface area (Å²) in [5, 5.41) is 9.97. The summed E-state index contributed by atoms with van der Waals surface area (Å²) in [6.07, 6.45) is 6.86. The van der Waals surface area contributed by atoms with Gasteiger partial charge in [0.15, 0.2) is 0 Å². The largest absolute Gasteiger partial charge is 0.392 e. The van der Waals surface area contributed by atoms with Crippen molar-refractivity contribution in [2.75, 3.05) is 6.54 Å². The fourth-order valence-corrected chi connectivity index (χ4v) is 1.86. The summed E-state index contributed by atoms with van der Waals surface area (Å²) in [4.78, 5) is 6.39. The topological polar surface area (TPSA) is 36.4 Å². The molecule has 1 aromatic rings. The molecule has 0 aliphatic carbocycles. The van der Waals surface area contributed by atoms with Crippen molar-refractivity contribution in [2.45, 2.75) is 45.4 Å². The highest BCUT2D eigenvalue weighted by Gasteiger charge is 2.14. The number of nitrogens with zero attached hydrogens (tertiary/aromatic N) is 2. The first-order valence-electron chi connectivity index (χ1n) is 6.55. The Labute approximate surface area is 110 Å². The lowest BCUT2D eigenvalue weighted by molar-refractivity contribution is 0.0854. The van der Waals surface area contributed by atoms with Crippen LogP contribution in [0.25, 0.3) is 0 Å². The van der Waals surface area contributed by atoms with E-state index in [0.29, 0.717) is 12.6 Å². The van der Waals surface area contributed by atoms with Crippen molar-refractivity contribution >= 4 is 0 Å². The van der Waals surface area contributed by atoms with E-state index < -0.39 is 0 Å². The summed E-state index contributed by atoms with van der Waals surface area (Å²) < 4.78 is 0. The second-order valence-electron chi connectivity index (χ2n) is 4.90. The Morgan fingerprint density at radius 1 is 1.50 bits per heavy atom. The molecule has 1 unspecified atom stereocenters. The highest BCUT2D eigenvalue weighted by atomic mass is 16.3. The van der Waals surface area contributed by atoms with Crippen molar-refractivity contribution in [3.8, 4) is 0 Å². The van der Waals surface area contributed by atoms with Gasteiger partial charge >= 0.3 is 0 Å². The van der Waals surface area contributed by atoms with Gasteiger partial charge in [0.1, 0.15) is 0 Å². The molecule has 3 nitrogen and oxygen atoms in total. The van der Waals surface area contributed by atoms with Gasteiger partial charge in [0.25, 0.3) is 0 Å². The van der Waals surface area contributed by atoms with Gasteiger partial charge in [0.05, 0.1) is 6.10 Å². The Bertz CT molecular complexity index is 338. The molecule has 1 N–H and O–H groups in total. The Morgan fingerprint density at radius 2 is 2.28 bits per heavy atom. The number of aliphatic hydroxyl groups excluding tert-OH is 1. The molecule has 1 heterocycles. The van der Waals surface area contributed by atoms with Gasteiger partial charge in [0.2, 0.25) is 0 Å². The van der Waals surface area contributed by atoms with Gasteiger partial charge < -0.3 is 5.11 Å². The summed E-state index contributed by atoms with van der Waals surface area (Å²) in [7, 11) is 0. The van der Waals surface area contributed by atoms with E-state index in [1.165, 1.54) is 5.56 Å². The predicted octanol–water partition coefficient (Wildman–Crippen LogP) is 2.62. The zero-order chi connectivity index (χ0) is 13.4. The predicted molar refractivity (Wildman–Crippen MR) is 75.2 cm³/mol. The Hall–Kier alpha value is -1.19. The number of aromatic nitrogens is 1. The van der Waals surface area contributed by atoms with Gasteiger partial charge in [0, 0.05) is 31.5 Å². The fourth-order valence-electron chi connectivity index (χ4n) is 1.86. The third-order valence-corrected chi connectivity index (χ3v) is 2.99. The van der Waals surface area contributed by atoms with E-state index >= 15 is 0 Å². The number of hydrogen-bond donors (Lipinski definition) is 1. The number of rotatable bonds is 8. The molecule has 1 rings (SSSR count). The van der Waals surface area contributed by atoms with Crippen LogP contribution in [0, 0.1) is 0 Å². The normalized spacial score (nSPS) is 12.9. The smallest absolute Gasteiger partial charge is 0.0670 e. The highest BCUT2D eigenvalue weighted by Crippen LogP contribution is 2.10. The van der Waals surface area contributed by atoms with Crippen molar-refractivity contribution in [3.05, 3.63) is 42.7 Å². The molecule has 0 radical (unpaired) electrons. The molecule has 0 aliphatic heterocycles. The summed E-state index contributed by atoms with van der Waals surface area (Å²) in [5.74, 6) is 0. The molecule has 3 heteroatoms. The maximum Gasteiger partial charge on any atom is 0.0670 e. The van der Waals surface area contributed by atoms with Crippen LogP contribution in [0.15, 0.2) is 37.2 Å². The lowest BCUT2D eigenvalue weighted by Crippen LogP contribution is -2.37. The monoisotopic (exact) mass is 248 g/mol. The minimum absolute atomic E-state index is 0.290. The van der Waals surface area contributed by atoms with Crippen molar-refractivity contribution in [1.29, 1.82) is 0 Å². The van der Waals surface area contributed by atoms with Crippen LogP contribution in [-0.4, -0.2) is 33.7 Å². The molecule has 0 aliphatic rings. The maximum atomic E-state index is 9.97. The zero-order valence-electron chi connectivity index (χ0n) is 11.4. The molecular weight excluding hydrogens is 224 g/mol. The molecule has 0 spiro atoms. The molecule has 0 aromatic carbocycles. The number of hydrogen-bond acceptors (Lipinski definition) is 3. The average molecular weight is 248 g/mol. The lowest BCUT2D eigenvalue weighted by Gasteiger charge is -2.28. The molecule has 1 atom stereocenters. The number of pyridine rings is 1. The van der Waals surface area contributed by atoms with Crippen LogP contribution >= 0.6 is 0 Å². The Kier molecular flexibility index (Phi) is 6.61.